The van der Waals surface area contributed by atoms with E-state index in [9.17, 15) is 23.6 Å². The molecule has 1 fully saturated rings. The van der Waals surface area contributed by atoms with Gasteiger partial charge in [-0.25, -0.2) is 4.39 Å². The van der Waals surface area contributed by atoms with Crippen molar-refractivity contribution in [3.8, 4) is 5.75 Å². The first-order chi connectivity index (χ1) is 14.9. The maximum Gasteiger partial charge on any atom is 0.255 e. The molecule has 8 nitrogen and oxygen atoms in total. The summed E-state index contributed by atoms with van der Waals surface area (Å²) in [5.74, 6) is -1.78. The molecule has 2 N–H and O–H groups in total. The number of carbonyl (C=O) groups excluding carboxylic acids is 4. The Morgan fingerprint density at radius 2 is 2.06 bits per heavy atom. The van der Waals surface area contributed by atoms with Crippen LogP contribution in [0.5, 0.6) is 5.75 Å². The van der Waals surface area contributed by atoms with E-state index in [1.807, 2.05) is 0 Å². The van der Waals surface area contributed by atoms with Crippen LogP contribution in [0.2, 0.25) is 0 Å². The molecule has 1 atom stereocenters. The zero-order valence-electron chi connectivity index (χ0n) is 16.7. The van der Waals surface area contributed by atoms with E-state index in [1.165, 1.54) is 24.1 Å². The Morgan fingerprint density at radius 1 is 1.26 bits per heavy atom. The van der Waals surface area contributed by atoms with Crippen LogP contribution in [0.3, 0.4) is 0 Å². The van der Waals surface area contributed by atoms with E-state index in [-0.39, 0.29) is 37.7 Å². The third kappa shape index (κ3) is 3.98. The molecule has 0 radical (unpaired) electrons. The number of fused-ring (bicyclic) bond motifs is 1. The van der Waals surface area contributed by atoms with Crippen LogP contribution in [0.15, 0.2) is 36.4 Å². The molecule has 4 amide bonds. The first-order valence-electron chi connectivity index (χ1n) is 9.75. The molecule has 0 bridgehead atoms. The SMILES string of the molecule is COc1cc(F)cc(CNC(=O)c2cccc3c2CN(C2CCC(=O)NC2=O)C3=O)c1. The van der Waals surface area contributed by atoms with Gasteiger partial charge in [-0.2, -0.15) is 0 Å². The summed E-state index contributed by atoms with van der Waals surface area (Å²) in [6, 6.07) is 8.21. The lowest BCUT2D eigenvalue weighted by molar-refractivity contribution is -0.136. The standard InChI is InChI=1S/C22H20FN3O5/c1-31-14-8-12(7-13(23)9-14)10-24-20(28)15-3-2-4-16-17(15)11-26(22(16)30)18-5-6-19(27)25-21(18)29/h2-4,7-9,18H,5-6,10-11H2,1H3,(H,24,28)(H,25,27,29). The van der Waals surface area contributed by atoms with E-state index in [2.05, 4.69) is 10.6 Å². The number of nitrogens with zero attached hydrogens (tertiary/aromatic N) is 1. The third-order valence-electron chi connectivity index (χ3n) is 5.45. The van der Waals surface area contributed by atoms with E-state index in [0.717, 1.165) is 0 Å². The summed E-state index contributed by atoms with van der Waals surface area (Å²) in [6.07, 6.45) is 0.397. The van der Waals surface area contributed by atoms with Crippen molar-refractivity contribution in [1.82, 2.24) is 15.5 Å². The van der Waals surface area contributed by atoms with Crippen LogP contribution < -0.4 is 15.4 Å². The van der Waals surface area contributed by atoms with Crippen LogP contribution in [-0.2, 0) is 22.7 Å². The minimum absolute atomic E-state index is 0.0709. The van der Waals surface area contributed by atoms with Gasteiger partial charge in [-0.3, -0.25) is 24.5 Å². The number of hydrogen-bond donors (Lipinski definition) is 2. The summed E-state index contributed by atoms with van der Waals surface area (Å²) in [4.78, 5) is 50.7. The molecule has 9 heteroatoms. The third-order valence-corrected chi connectivity index (χ3v) is 5.45. The van der Waals surface area contributed by atoms with Gasteiger partial charge in [0, 0.05) is 36.7 Å². The zero-order chi connectivity index (χ0) is 22.1. The minimum Gasteiger partial charge on any atom is -0.497 e. The average Bonchev–Trinajstić information content (AvgIpc) is 3.08. The number of piperidine rings is 1. The molecule has 2 aromatic rings. The maximum absolute atomic E-state index is 13.7. The molecule has 2 heterocycles. The number of benzene rings is 2. The lowest BCUT2D eigenvalue weighted by atomic mass is 10.0. The highest BCUT2D eigenvalue weighted by molar-refractivity contribution is 6.07. The van der Waals surface area contributed by atoms with Gasteiger partial charge in [0.05, 0.1) is 7.11 Å². The summed E-state index contributed by atoms with van der Waals surface area (Å²) in [6.45, 7) is 0.166. The second-order valence-corrected chi connectivity index (χ2v) is 7.41. The van der Waals surface area contributed by atoms with Crippen LogP contribution in [0, 0.1) is 5.82 Å². The highest BCUT2D eigenvalue weighted by Crippen LogP contribution is 2.30. The largest absolute Gasteiger partial charge is 0.497 e. The van der Waals surface area contributed by atoms with Gasteiger partial charge in [0.25, 0.3) is 11.8 Å². The Balaban J connectivity index is 1.52. The van der Waals surface area contributed by atoms with Crippen LogP contribution in [-0.4, -0.2) is 41.7 Å². The van der Waals surface area contributed by atoms with Gasteiger partial charge in [0.1, 0.15) is 17.6 Å². The minimum atomic E-state index is -0.756. The molecule has 1 unspecified atom stereocenters. The Kier molecular flexibility index (Phi) is 5.41. The van der Waals surface area contributed by atoms with Crippen molar-refractivity contribution in [2.75, 3.05) is 7.11 Å². The van der Waals surface area contributed by atoms with Crippen molar-refractivity contribution in [2.24, 2.45) is 0 Å². The number of nitrogens with one attached hydrogen (secondary N) is 2. The maximum atomic E-state index is 13.7. The Morgan fingerprint density at radius 3 is 2.81 bits per heavy atom. The fourth-order valence-electron chi connectivity index (χ4n) is 3.92. The molecule has 4 rings (SSSR count). The van der Waals surface area contributed by atoms with Gasteiger partial charge in [-0.1, -0.05) is 6.07 Å². The van der Waals surface area contributed by atoms with Crippen molar-refractivity contribution in [3.05, 3.63) is 64.5 Å². The number of carbonyl (C=O) groups is 4. The van der Waals surface area contributed by atoms with Crippen LogP contribution in [0.1, 0.15) is 44.7 Å². The van der Waals surface area contributed by atoms with E-state index in [1.54, 1.807) is 24.3 Å². The fraction of sp³-hybridized carbons (Fsp3) is 0.273. The Hall–Kier alpha value is -3.75. The number of hydrogen-bond acceptors (Lipinski definition) is 5. The van der Waals surface area contributed by atoms with E-state index in [0.29, 0.717) is 28.0 Å². The Labute approximate surface area is 177 Å². The smallest absolute Gasteiger partial charge is 0.255 e. The second-order valence-electron chi connectivity index (χ2n) is 7.41. The van der Waals surface area contributed by atoms with Gasteiger partial charge in [0.15, 0.2) is 0 Å². The molecule has 0 aliphatic carbocycles. The number of amides is 4. The van der Waals surface area contributed by atoms with Crippen molar-refractivity contribution in [3.63, 3.8) is 0 Å². The highest BCUT2D eigenvalue weighted by Gasteiger charge is 2.40. The highest BCUT2D eigenvalue weighted by atomic mass is 19.1. The van der Waals surface area contributed by atoms with Gasteiger partial charge in [-0.15, -0.1) is 0 Å². The van der Waals surface area contributed by atoms with Crippen molar-refractivity contribution >= 4 is 23.6 Å². The summed E-state index contributed by atoms with van der Waals surface area (Å²) >= 11 is 0. The molecular weight excluding hydrogens is 405 g/mol. The van der Waals surface area contributed by atoms with E-state index >= 15 is 0 Å². The van der Waals surface area contributed by atoms with Crippen molar-refractivity contribution < 1.29 is 28.3 Å². The van der Waals surface area contributed by atoms with Crippen LogP contribution >= 0.6 is 0 Å². The lowest BCUT2D eigenvalue weighted by Crippen LogP contribution is -2.52. The quantitative estimate of drug-likeness (QED) is 0.707. The first kappa shape index (κ1) is 20.5. The predicted molar refractivity (Wildman–Crippen MR) is 107 cm³/mol. The second kappa shape index (κ2) is 8.17. The van der Waals surface area contributed by atoms with Crippen LogP contribution in [0.25, 0.3) is 0 Å². The fourth-order valence-corrected chi connectivity index (χ4v) is 3.92. The van der Waals surface area contributed by atoms with Crippen molar-refractivity contribution in [1.29, 1.82) is 0 Å². The van der Waals surface area contributed by atoms with E-state index in [4.69, 9.17) is 4.74 Å². The summed E-state index contributed by atoms with van der Waals surface area (Å²) < 4.78 is 18.7. The number of imide groups is 1. The Bertz CT molecular complexity index is 1100. The van der Waals surface area contributed by atoms with Gasteiger partial charge >= 0.3 is 0 Å². The average molecular weight is 425 g/mol. The number of halogens is 1. The monoisotopic (exact) mass is 425 g/mol. The van der Waals surface area contributed by atoms with Gasteiger partial charge in [0.2, 0.25) is 11.8 Å². The molecule has 0 spiro atoms. The lowest BCUT2D eigenvalue weighted by Gasteiger charge is -2.29. The molecule has 160 valence electrons. The number of ether oxygens (including phenoxy) is 1. The number of methoxy groups -OCH3 is 1. The van der Waals surface area contributed by atoms with Gasteiger partial charge < -0.3 is 15.0 Å². The molecule has 0 saturated carbocycles. The summed E-state index contributed by atoms with van der Waals surface area (Å²) in [7, 11) is 1.43. The van der Waals surface area contributed by atoms with Crippen molar-refractivity contribution in [2.45, 2.75) is 32.0 Å². The molecule has 2 aromatic carbocycles. The molecule has 2 aliphatic rings. The molecule has 2 aliphatic heterocycles. The number of rotatable bonds is 5. The molecule has 31 heavy (non-hydrogen) atoms. The molecule has 0 aromatic heterocycles. The molecular formula is C22H20FN3O5. The zero-order valence-corrected chi connectivity index (χ0v) is 16.7. The molecule has 1 saturated heterocycles. The normalized spacial score (nSPS) is 17.9. The van der Waals surface area contributed by atoms with Gasteiger partial charge in [-0.05, 0) is 41.8 Å². The van der Waals surface area contributed by atoms with E-state index < -0.39 is 23.7 Å². The topological polar surface area (TPSA) is 105 Å². The summed E-state index contributed by atoms with van der Waals surface area (Å²) in [5.41, 5.74) is 1.71. The predicted octanol–water partition coefficient (Wildman–Crippen LogP) is 1.53. The first-order valence-corrected chi connectivity index (χ1v) is 9.75. The summed E-state index contributed by atoms with van der Waals surface area (Å²) in [5, 5.41) is 4.98. The van der Waals surface area contributed by atoms with Crippen LogP contribution in [0.4, 0.5) is 4.39 Å².